The largest absolute Gasteiger partial charge is 0.241 e. The number of hydrogen-bond acceptors (Lipinski definition) is 2. The summed E-state index contributed by atoms with van der Waals surface area (Å²) >= 11 is 0. The summed E-state index contributed by atoms with van der Waals surface area (Å²) in [4.78, 5) is 0.237. The molecular formula is C19H21NO2S. The van der Waals surface area contributed by atoms with E-state index in [1.165, 1.54) is 0 Å². The predicted octanol–water partition coefficient (Wildman–Crippen LogP) is 3.72. The topological polar surface area (TPSA) is 46.2 Å². The predicted molar refractivity (Wildman–Crippen MR) is 94.6 cm³/mol. The van der Waals surface area contributed by atoms with Crippen molar-refractivity contribution in [3.05, 3.63) is 53.6 Å². The molecule has 0 radical (unpaired) electrons. The highest BCUT2D eigenvalue weighted by Crippen LogP contribution is 2.31. The van der Waals surface area contributed by atoms with E-state index in [0.29, 0.717) is 11.1 Å². The number of benzene rings is 2. The highest BCUT2D eigenvalue weighted by atomic mass is 32.2. The molecule has 0 unspecified atom stereocenters. The third-order valence-corrected chi connectivity index (χ3v) is 5.05. The summed E-state index contributed by atoms with van der Waals surface area (Å²) in [6.45, 7) is 7.37. The van der Waals surface area contributed by atoms with E-state index < -0.39 is 15.6 Å². The van der Waals surface area contributed by atoms with Crippen LogP contribution in [0.25, 0.3) is 11.1 Å². The number of hydrogen-bond donors (Lipinski definition) is 1. The van der Waals surface area contributed by atoms with Crippen molar-refractivity contribution in [1.82, 2.24) is 4.72 Å². The van der Waals surface area contributed by atoms with Crippen LogP contribution in [-0.2, 0) is 10.0 Å². The van der Waals surface area contributed by atoms with Gasteiger partial charge in [-0.1, -0.05) is 41.8 Å². The second-order valence-corrected chi connectivity index (χ2v) is 8.20. The van der Waals surface area contributed by atoms with Crippen molar-refractivity contribution in [3.8, 4) is 23.5 Å². The van der Waals surface area contributed by atoms with Crippen LogP contribution in [-0.4, -0.2) is 14.0 Å². The van der Waals surface area contributed by atoms with Crippen LogP contribution < -0.4 is 4.72 Å². The molecule has 0 bridgehead atoms. The molecule has 120 valence electrons. The maximum atomic E-state index is 12.8. The van der Waals surface area contributed by atoms with Gasteiger partial charge in [0.15, 0.2) is 0 Å². The first kappa shape index (κ1) is 17.3. The van der Waals surface area contributed by atoms with Crippen molar-refractivity contribution in [2.24, 2.45) is 0 Å². The highest BCUT2D eigenvalue weighted by Gasteiger charge is 2.25. The Morgan fingerprint density at radius 1 is 1.04 bits per heavy atom. The maximum absolute atomic E-state index is 12.8. The number of sulfonamides is 1. The van der Waals surface area contributed by atoms with Gasteiger partial charge >= 0.3 is 0 Å². The zero-order valence-corrected chi connectivity index (χ0v) is 14.7. The summed E-state index contributed by atoms with van der Waals surface area (Å²) in [6, 6.07) is 12.6. The van der Waals surface area contributed by atoms with Crippen molar-refractivity contribution in [1.29, 1.82) is 0 Å². The van der Waals surface area contributed by atoms with Gasteiger partial charge in [-0.05, 0) is 45.4 Å². The van der Waals surface area contributed by atoms with Gasteiger partial charge in [0.25, 0.3) is 0 Å². The second-order valence-electron chi connectivity index (χ2n) is 6.55. The molecule has 0 amide bonds. The van der Waals surface area contributed by atoms with Gasteiger partial charge in [0.1, 0.15) is 0 Å². The molecule has 0 saturated heterocycles. The molecule has 4 heteroatoms. The van der Waals surface area contributed by atoms with Crippen molar-refractivity contribution >= 4 is 10.0 Å². The van der Waals surface area contributed by atoms with Crippen molar-refractivity contribution in [2.75, 3.05) is 0 Å². The molecule has 2 rings (SSSR count). The van der Waals surface area contributed by atoms with E-state index in [9.17, 15) is 8.42 Å². The summed E-state index contributed by atoms with van der Waals surface area (Å²) in [6.07, 6.45) is 5.57. The fourth-order valence-electron chi connectivity index (χ4n) is 2.39. The van der Waals surface area contributed by atoms with Crippen LogP contribution in [0, 0.1) is 19.3 Å². The van der Waals surface area contributed by atoms with E-state index in [4.69, 9.17) is 6.42 Å². The molecule has 0 aromatic heterocycles. The number of terminal acetylenes is 1. The maximum Gasteiger partial charge on any atom is 0.241 e. The monoisotopic (exact) mass is 327 g/mol. The van der Waals surface area contributed by atoms with E-state index >= 15 is 0 Å². The molecule has 1 N–H and O–H groups in total. The lowest BCUT2D eigenvalue weighted by atomic mass is 9.98. The molecule has 0 heterocycles. The molecule has 23 heavy (non-hydrogen) atoms. The summed E-state index contributed by atoms with van der Waals surface area (Å²) in [7, 11) is -3.66. The summed E-state index contributed by atoms with van der Waals surface area (Å²) < 4.78 is 28.3. The van der Waals surface area contributed by atoms with Crippen molar-refractivity contribution in [3.63, 3.8) is 0 Å². The van der Waals surface area contributed by atoms with Gasteiger partial charge in [0.05, 0.1) is 4.90 Å². The zero-order chi connectivity index (χ0) is 17.3. The Bertz CT molecular complexity index is 869. The van der Waals surface area contributed by atoms with Crippen molar-refractivity contribution in [2.45, 2.75) is 38.1 Å². The van der Waals surface area contributed by atoms with Crippen LogP contribution in [0.3, 0.4) is 0 Å². The van der Waals surface area contributed by atoms with Crippen molar-refractivity contribution < 1.29 is 8.42 Å². The molecule has 0 spiro atoms. The molecule has 3 nitrogen and oxygen atoms in total. The average molecular weight is 327 g/mol. The normalized spacial score (nSPS) is 12.0. The lowest BCUT2D eigenvalue weighted by Crippen LogP contribution is -2.40. The third kappa shape index (κ3) is 4.01. The summed E-state index contributed by atoms with van der Waals surface area (Å²) in [5, 5.41) is 0. The smallest absolute Gasteiger partial charge is 0.207 e. The molecule has 2 aromatic rings. The van der Waals surface area contributed by atoms with Gasteiger partial charge in [-0.15, -0.1) is 6.42 Å². The first-order valence-corrected chi connectivity index (χ1v) is 8.83. The van der Waals surface area contributed by atoms with Crippen LogP contribution in [0.4, 0.5) is 0 Å². The molecule has 0 fully saturated rings. The number of nitrogens with one attached hydrogen (secondary N) is 1. The Balaban J connectivity index is 2.72. The Morgan fingerprint density at radius 3 is 2.30 bits per heavy atom. The molecule has 0 saturated carbocycles. The zero-order valence-electron chi connectivity index (χ0n) is 13.8. The van der Waals surface area contributed by atoms with Crippen LogP contribution >= 0.6 is 0 Å². The van der Waals surface area contributed by atoms with Gasteiger partial charge in [-0.3, -0.25) is 0 Å². The quantitative estimate of drug-likeness (QED) is 0.873. The second kappa shape index (κ2) is 6.19. The van der Waals surface area contributed by atoms with Crippen LogP contribution in [0.1, 0.15) is 31.9 Å². The first-order chi connectivity index (χ1) is 10.6. The number of aryl methyl sites for hydroxylation is 1. The van der Waals surface area contributed by atoms with E-state index in [1.807, 2.05) is 58.0 Å². The minimum atomic E-state index is -3.66. The lowest BCUT2D eigenvalue weighted by Gasteiger charge is -2.22. The van der Waals surface area contributed by atoms with Gasteiger partial charge < -0.3 is 0 Å². The molecule has 0 aliphatic carbocycles. The lowest BCUT2D eigenvalue weighted by molar-refractivity contribution is 0.491. The Hall–Kier alpha value is -2.09. The summed E-state index contributed by atoms with van der Waals surface area (Å²) in [5.74, 6) is 2.63. The standard InChI is InChI=1S/C19H21NO2S/c1-6-15-9-7-8-10-16(15)17-13-14(2)11-12-18(17)23(21,22)20-19(3,4)5/h1,7-13,20H,2-5H3. The Labute approximate surface area is 138 Å². The van der Waals surface area contributed by atoms with E-state index in [2.05, 4.69) is 10.6 Å². The van der Waals surface area contributed by atoms with E-state index in [0.717, 1.165) is 11.1 Å². The average Bonchev–Trinajstić information content (AvgIpc) is 2.44. The van der Waals surface area contributed by atoms with E-state index in [-0.39, 0.29) is 4.90 Å². The minimum Gasteiger partial charge on any atom is -0.207 e. The van der Waals surface area contributed by atoms with Crippen LogP contribution in [0.5, 0.6) is 0 Å². The fourth-order valence-corrected chi connectivity index (χ4v) is 4.01. The number of rotatable bonds is 3. The van der Waals surface area contributed by atoms with Gasteiger partial charge in [-0.2, -0.15) is 0 Å². The molecule has 0 atom stereocenters. The molecule has 0 aliphatic heterocycles. The molecular weight excluding hydrogens is 306 g/mol. The Kier molecular flexibility index (Phi) is 4.65. The fraction of sp³-hybridized carbons (Fsp3) is 0.263. The van der Waals surface area contributed by atoms with Gasteiger partial charge in [0, 0.05) is 16.7 Å². The van der Waals surface area contributed by atoms with Crippen LogP contribution in [0.2, 0.25) is 0 Å². The van der Waals surface area contributed by atoms with Gasteiger partial charge in [-0.25, -0.2) is 13.1 Å². The Morgan fingerprint density at radius 2 is 1.70 bits per heavy atom. The van der Waals surface area contributed by atoms with E-state index in [1.54, 1.807) is 12.1 Å². The molecule has 0 aliphatic rings. The SMILES string of the molecule is C#Cc1ccccc1-c1cc(C)ccc1S(=O)(=O)NC(C)(C)C. The molecule has 2 aromatic carbocycles. The minimum absolute atomic E-state index is 0.237. The highest BCUT2D eigenvalue weighted by molar-refractivity contribution is 7.89. The third-order valence-electron chi connectivity index (χ3n) is 3.24. The summed E-state index contributed by atoms with van der Waals surface area (Å²) in [5.41, 5.74) is 2.45. The first-order valence-electron chi connectivity index (χ1n) is 7.35. The van der Waals surface area contributed by atoms with Gasteiger partial charge in [0.2, 0.25) is 10.0 Å². The van der Waals surface area contributed by atoms with Crippen LogP contribution in [0.15, 0.2) is 47.4 Å².